The second kappa shape index (κ2) is 17.5. The molecule has 11 heteroatoms. The number of aryl methyl sites for hydroxylation is 1. The third-order valence-electron chi connectivity index (χ3n) is 10.5. The van der Waals surface area contributed by atoms with E-state index >= 15 is 0 Å². The third-order valence-corrected chi connectivity index (χ3v) is 10.8. The highest BCUT2D eigenvalue weighted by atomic mass is 35.5. The molecule has 10 nitrogen and oxygen atoms in total. The molecule has 0 aliphatic carbocycles. The third kappa shape index (κ3) is 9.55. The van der Waals surface area contributed by atoms with E-state index in [2.05, 4.69) is 54.1 Å². The number of pyridine rings is 1. The van der Waals surface area contributed by atoms with Crippen LogP contribution in [0.3, 0.4) is 0 Å². The van der Waals surface area contributed by atoms with Gasteiger partial charge in [0.05, 0.1) is 22.8 Å². The lowest BCUT2D eigenvalue weighted by Gasteiger charge is -2.23. The quantitative estimate of drug-likeness (QED) is 0.117. The van der Waals surface area contributed by atoms with Gasteiger partial charge in [-0.2, -0.15) is 5.26 Å². The second-order valence-electron chi connectivity index (χ2n) is 14.2. The number of carboxylic acids is 1. The number of hydrogen-bond acceptors (Lipinski definition) is 9. The predicted octanol–water partition coefficient (Wildman–Crippen LogP) is 6.46. The Kier molecular flexibility index (Phi) is 12.7. The molecule has 53 heavy (non-hydrogen) atoms. The van der Waals surface area contributed by atoms with Gasteiger partial charge in [0, 0.05) is 62.2 Å². The fourth-order valence-electron chi connectivity index (χ4n) is 7.46. The van der Waals surface area contributed by atoms with Gasteiger partial charge in [-0.25, -0.2) is 0 Å². The molecule has 0 spiro atoms. The molecule has 4 aromatic rings. The Morgan fingerprint density at radius 2 is 1.66 bits per heavy atom. The number of hydrogen-bond donors (Lipinski definition) is 3. The minimum Gasteiger partial charge on any atom is -0.488 e. The maximum absolute atomic E-state index is 12.0. The number of ether oxygens (including phenoxy) is 2. The average Bonchev–Trinajstić information content (AvgIpc) is 3.74. The summed E-state index contributed by atoms with van der Waals surface area (Å²) in [6, 6.07) is 19.2. The summed E-state index contributed by atoms with van der Waals surface area (Å²) >= 11 is 6.81. The van der Waals surface area contributed by atoms with Crippen LogP contribution in [0.4, 0.5) is 0 Å². The molecular formula is C42H47ClN4O6. The van der Waals surface area contributed by atoms with Gasteiger partial charge in [0.1, 0.15) is 36.8 Å². The molecule has 3 atom stereocenters. The van der Waals surface area contributed by atoms with Crippen molar-refractivity contribution >= 4 is 17.6 Å². The molecule has 2 aliphatic rings. The maximum atomic E-state index is 12.0. The largest absolute Gasteiger partial charge is 0.488 e. The van der Waals surface area contributed by atoms with Crippen molar-refractivity contribution in [2.75, 3.05) is 26.2 Å². The van der Waals surface area contributed by atoms with Crippen LogP contribution in [0.25, 0.3) is 11.1 Å². The molecule has 0 unspecified atom stereocenters. The van der Waals surface area contributed by atoms with Crippen molar-refractivity contribution in [1.82, 2.24) is 14.8 Å². The van der Waals surface area contributed by atoms with E-state index in [1.165, 1.54) is 22.9 Å². The number of halogens is 1. The van der Waals surface area contributed by atoms with Crippen molar-refractivity contribution < 1.29 is 29.6 Å². The van der Waals surface area contributed by atoms with Crippen molar-refractivity contribution in [1.29, 1.82) is 5.26 Å². The van der Waals surface area contributed by atoms with E-state index in [1.807, 2.05) is 12.1 Å². The summed E-state index contributed by atoms with van der Waals surface area (Å²) in [5, 5.41) is 39.5. The molecular weight excluding hydrogens is 692 g/mol. The van der Waals surface area contributed by atoms with Crippen molar-refractivity contribution in [2.24, 2.45) is 0 Å². The van der Waals surface area contributed by atoms with Crippen LogP contribution in [-0.4, -0.2) is 80.5 Å². The van der Waals surface area contributed by atoms with E-state index < -0.39 is 18.1 Å². The highest BCUT2D eigenvalue weighted by Crippen LogP contribution is 2.37. The molecule has 0 radical (unpaired) electrons. The number of carboxylic acid groups (broad SMARTS) is 1. The zero-order valence-corrected chi connectivity index (χ0v) is 31.1. The number of aromatic nitrogens is 1. The van der Waals surface area contributed by atoms with Gasteiger partial charge in [0.2, 0.25) is 0 Å². The zero-order chi connectivity index (χ0) is 37.5. The standard InChI is InChI=1S/C42H47ClN4O6/c1-27-31(7-3-4-13-46-14-12-34(48)23-46)8-5-10-36(27)37-11-6-9-32(28(37)2)26-53-41-18-40(52-25-30-15-29(19-44)20-45-21-30)33(16-38(41)43)22-47-24-35(49)17-39(47)42(50)51/h5-6,8-11,15-16,18,20-21,34-35,39,48-49H,3-4,7,12-14,17,22-26H2,1-2H3,(H,50,51)/t34-,35-,39+/m1/s1. The number of nitriles is 1. The number of rotatable bonds is 15. The Hall–Kier alpha value is -4.50. The summed E-state index contributed by atoms with van der Waals surface area (Å²) < 4.78 is 12.6. The molecule has 3 heterocycles. The number of β-amino-alcohol motifs (C(OH)–C–C–N with tert-alkyl or cyclic N) is 2. The minimum atomic E-state index is -0.996. The highest BCUT2D eigenvalue weighted by Gasteiger charge is 2.36. The van der Waals surface area contributed by atoms with Gasteiger partial charge in [0.15, 0.2) is 0 Å². The van der Waals surface area contributed by atoms with E-state index in [0.717, 1.165) is 62.0 Å². The van der Waals surface area contributed by atoms with E-state index in [0.29, 0.717) is 33.2 Å². The van der Waals surface area contributed by atoms with Crippen molar-refractivity contribution in [3.63, 3.8) is 0 Å². The minimum absolute atomic E-state index is 0.115. The van der Waals surface area contributed by atoms with Gasteiger partial charge < -0.3 is 29.7 Å². The van der Waals surface area contributed by atoms with E-state index in [4.69, 9.17) is 21.1 Å². The van der Waals surface area contributed by atoms with E-state index in [-0.39, 0.29) is 38.8 Å². The summed E-state index contributed by atoms with van der Waals surface area (Å²) in [7, 11) is 0. The molecule has 278 valence electrons. The molecule has 1 aromatic heterocycles. The molecule has 3 N–H and O–H groups in total. The Balaban J connectivity index is 1.18. The lowest BCUT2D eigenvalue weighted by atomic mass is 9.90. The topological polar surface area (TPSA) is 139 Å². The maximum Gasteiger partial charge on any atom is 0.321 e. The highest BCUT2D eigenvalue weighted by molar-refractivity contribution is 6.32. The fourth-order valence-corrected chi connectivity index (χ4v) is 7.70. The van der Waals surface area contributed by atoms with Crippen LogP contribution in [0.2, 0.25) is 5.02 Å². The number of carbonyl (C=O) groups is 1. The average molecular weight is 739 g/mol. The molecule has 0 bridgehead atoms. The smallest absolute Gasteiger partial charge is 0.321 e. The molecule has 2 aliphatic heterocycles. The first-order valence-electron chi connectivity index (χ1n) is 18.2. The van der Waals surface area contributed by atoms with Crippen LogP contribution in [0, 0.1) is 25.2 Å². The van der Waals surface area contributed by atoms with Crippen molar-refractivity contribution in [2.45, 2.75) is 84.0 Å². The number of nitrogens with zero attached hydrogens (tertiary/aromatic N) is 4. The van der Waals surface area contributed by atoms with Gasteiger partial charge in [-0.1, -0.05) is 48.0 Å². The lowest BCUT2D eigenvalue weighted by molar-refractivity contribution is -0.142. The number of benzene rings is 3. The zero-order valence-electron chi connectivity index (χ0n) is 30.3. The summed E-state index contributed by atoms with van der Waals surface area (Å²) in [6.07, 6.45) is 6.40. The SMILES string of the molecule is Cc1c(CCCCN2CC[C@@H](O)C2)cccc1-c1cccc(COc2cc(OCc3cncc(C#N)c3)c(CN3C[C@H](O)C[C@H]3C(=O)O)cc2Cl)c1C. The van der Waals surface area contributed by atoms with Gasteiger partial charge >= 0.3 is 5.97 Å². The first-order chi connectivity index (χ1) is 25.6. The Morgan fingerprint density at radius 3 is 2.38 bits per heavy atom. The predicted molar refractivity (Wildman–Crippen MR) is 203 cm³/mol. The van der Waals surface area contributed by atoms with Crippen LogP contribution >= 0.6 is 11.6 Å². The van der Waals surface area contributed by atoms with Crippen molar-refractivity contribution in [3.05, 3.63) is 111 Å². The summed E-state index contributed by atoms with van der Waals surface area (Å²) in [5.74, 6) is -0.130. The first-order valence-corrected chi connectivity index (χ1v) is 18.6. The van der Waals surface area contributed by atoms with Gasteiger partial charge in [-0.15, -0.1) is 0 Å². The monoisotopic (exact) mass is 738 g/mol. The van der Waals surface area contributed by atoms with Crippen molar-refractivity contribution in [3.8, 4) is 28.7 Å². The summed E-state index contributed by atoms with van der Waals surface area (Å²) in [5.41, 5.74) is 8.85. The fraction of sp³-hybridized carbons (Fsp3) is 0.405. The number of aliphatic carboxylic acids is 1. The van der Waals surface area contributed by atoms with Crippen LogP contribution in [0.5, 0.6) is 11.5 Å². The van der Waals surface area contributed by atoms with Crippen LogP contribution in [0.15, 0.2) is 67.0 Å². The summed E-state index contributed by atoms with van der Waals surface area (Å²) in [4.78, 5) is 20.1. The number of aliphatic hydroxyl groups is 2. The molecule has 0 saturated carbocycles. The Bertz CT molecular complexity index is 1960. The van der Waals surface area contributed by atoms with Gasteiger partial charge in [-0.05, 0) is 91.6 Å². The number of unbranched alkanes of at least 4 members (excludes halogenated alkanes) is 1. The molecule has 3 aromatic carbocycles. The normalized spacial score (nSPS) is 19.0. The van der Waals surface area contributed by atoms with Gasteiger partial charge in [0.25, 0.3) is 0 Å². The molecule has 0 amide bonds. The lowest BCUT2D eigenvalue weighted by Crippen LogP contribution is -2.35. The Morgan fingerprint density at radius 1 is 0.925 bits per heavy atom. The summed E-state index contributed by atoms with van der Waals surface area (Å²) in [6.45, 7) is 7.88. The van der Waals surface area contributed by atoms with Gasteiger partial charge in [-0.3, -0.25) is 14.7 Å². The van der Waals surface area contributed by atoms with E-state index in [9.17, 15) is 25.4 Å². The molecule has 2 saturated heterocycles. The Labute approximate surface area is 316 Å². The van der Waals surface area contributed by atoms with Crippen LogP contribution in [-0.2, 0) is 31.0 Å². The number of likely N-dealkylation sites (tertiary alicyclic amines) is 2. The molecule has 6 rings (SSSR count). The van der Waals surface area contributed by atoms with Crippen LogP contribution in [0.1, 0.15) is 64.6 Å². The second-order valence-corrected chi connectivity index (χ2v) is 14.6. The molecule has 2 fully saturated rings. The number of aliphatic hydroxyl groups excluding tert-OH is 2. The van der Waals surface area contributed by atoms with E-state index in [1.54, 1.807) is 29.3 Å². The van der Waals surface area contributed by atoms with Crippen LogP contribution < -0.4 is 9.47 Å². The first kappa shape index (κ1) is 38.2.